The van der Waals surface area contributed by atoms with Crippen molar-refractivity contribution in [3.8, 4) is 0 Å². The van der Waals surface area contributed by atoms with E-state index >= 15 is 0 Å². The summed E-state index contributed by atoms with van der Waals surface area (Å²) in [6.07, 6.45) is 3.40. The fourth-order valence-corrected chi connectivity index (χ4v) is 5.69. The molecule has 0 amide bonds. The molecule has 6 nitrogen and oxygen atoms in total. The van der Waals surface area contributed by atoms with Crippen molar-refractivity contribution in [1.29, 1.82) is 0 Å². The predicted octanol–water partition coefficient (Wildman–Crippen LogP) is 2.25. The van der Waals surface area contributed by atoms with Crippen LogP contribution in [0.3, 0.4) is 0 Å². The van der Waals surface area contributed by atoms with Gasteiger partial charge in [0.2, 0.25) is 10.0 Å². The molecule has 0 N–H and O–H groups in total. The molecule has 4 rings (SSSR count). The van der Waals surface area contributed by atoms with Crippen molar-refractivity contribution in [3.05, 3.63) is 40.7 Å². The zero-order chi connectivity index (χ0) is 18.0. The molecule has 0 saturated carbocycles. The standard InChI is InChI=1S/C18H24N4O2S2/c23-26(24,22-6-1-2-7-22)17-3-4-18(19-13-17)21-10-8-20(9-11-21)14-16-5-12-25-15-16/h3-5,12-13,15H,1-2,6-11,14H2. The topological polar surface area (TPSA) is 56.8 Å². The molecule has 8 heteroatoms. The Hall–Kier alpha value is -1.48. The summed E-state index contributed by atoms with van der Waals surface area (Å²) in [5.41, 5.74) is 1.37. The van der Waals surface area contributed by atoms with Crippen molar-refractivity contribution in [2.24, 2.45) is 0 Å². The summed E-state index contributed by atoms with van der Waals surface area (Å²) in [5.74, 6) is 0.862. The van der Waals surface area contributed by atoms with Gasteiger partial charge in [0.1, 0.15) is 10.7 Å². The Kier molecular flexibility index (Phi) is 5.26. The molecular formula is C18H24N4O2S2. The van der Waals surface area contributed by atoms with Crippen LogP contribution in [0.15, 0.2) is 40.1 Å². The minimum absolute atomic E-state index is 0.305. The van der Waals surface area contributed by atoms with Crippen LogP contribution < -0.4 is 4.90 Å². The van der Waals surface area contributed by atoms with Crippen LogP contribution >= 0.6 is 11.3 Å². The van der Waals surface area contributed by atoms with Crippen molar-refractivity contribution in [2.45, 2.75) is 24.3 Å². The largest absolute Gasteiger partial charge is 0.354 e. The number of hydrogen-bond acceptors (Lipinski definition) is 6. The molecule has 26 heavy (non-hydrogen) atoms. The molecule has 0 atom stereocenters. The summed E-state index contributed by atoms with van der Waals surface area (Å²) in [5, 5.41) is 4.32. The molecule has 2 aliphatic heterocycles. The highest BCUT2D eigenvalue weighted by atomic mass is 32.2. The third-order valence-corrected chi connectivity index (χ3v) is 7.72. The average Bonchev–Trinajstić information content (AvgIpc) is 3.37. The number of nitrogens with zero attached hydrogens (tertiary/aromatic N) is 4. The Morgan fingerprint density at radius 1 is 1.00 bits per heavy atom. The van der Waals surface area contributed by atoms with E-state index < -0.39 is 10.0 Å². The minimum Gasteiger partial charge on any atom is -0.354 e. The number of rotatable bonds is 5. The third kappa shape index (κ3) is 3.78. The predicted molar refractivity (Wildman–Crippen MR) is 104 cm³/mol. The van der Waals surface area contributed by atoms with Gasteiger partial charge in [-0.15, -0.1) is 0 Å². The number of anilines is 1. The molecular weight excluding hydrogens is 368 g/mol. The van der Waals surface area contributed by atoms with Crippen LogP contribution in [-0.2, 0) is 16.6 Å². The second kappa shape index (κ2) is 7.64. The van der Waals surface area contributed by atoms with Crippen LogP contribution in [0.1, 0.15) is 18.4 Å². The molecule has 0 spiro atoms. The van der Waals surface area contributed by atoms with Gasteiger partial charge in [-0.3, -0.25) is 4.90 Å². The van der Waals surface area contributed by atoms with Crippen molar-refractivity contribution in [1.82, 2.24) is 14.2 Å². The first kappa shape index (κ1) is 17.9. The van der Waals surface area contributed by atoms with Crippen molar-refractivity contribution >= 4 is 27.2 Å². The summed E-state index contributed by atoms with van der Waals surface area (Å²) < 4.78 is 26.7. The lowest BCUT2D eigenvalue weighted by Gasteiger charge is -2.35. The van der Waals surface area contributed by atoms with Crippen LogP contribution in [0.2, 0.25) is 0 Å². The zero-order valence-electron chi connectivity index (χ0n) is 14.7. The van der Waals surface area contributed by atoms with E-state index in [1.54, 1.807) is 21.7 Å². The van der Waals surface area contributed by atoms with Gasteiger partial charge in [-0.25, -0.2) is 13.4 Å². The van der Waals surface area contributed by atoms with E-state index in [4.69, 9.17) is 0 Å². The summed E-state index contributed by atoms with van der Waals surface area (Å²) >= 11 is 1.74. The smallest absolute Gasteiger partial charge is 0.244 e. The fraction of sp³-hybridized carbons (Fsp3) is 0.500. The minimum atomic E-state index is -3.38. The van der Waals surface area contributed by atoms with E-state index in [0.29, 0.717) is 18.0 Å². The van der Waals surface area contributed by atoms with E-state index in [1.807, 2.05) is 6.07 Å². The zero-order valence-corrected chi connectivity index (χ0v) is 16.4. The van der Waals surface area contributed by atoms with Gasteiger partial charge < -0.3 is 4.90 Å². The molecule has 4 heterocycles. The first-order chi connectivity index (χ1) is 12.6. The maximum absolute atomic E-state index is 12.6. The normalized spacial score (nSPS) is 19.9. The molecule has 140 valence electrons. The lowest BCUT2D eigenvalue weighted by Crippen LogP contribution is -2.46. The van der Waals surface area contributed by atoms with E-state index in [2.05, 4.69) is 31.6 Å². The molecule has 0 bridgehead atoms. The van der Waals surface area contributed by atoms with Crippen LogP contribution in [0.4, 0.5) is 5.82 Å². The lowest BCUT2D eigenvalue weighted by molar-refractivity contribution is 0.249. The van der Waals surface area contributed by atoms with Gasteiger partial charge in [0.05, 0.1) is 0 Å². The summed E-state index contributed by atoms with van der Waals surface area (Å²) in [6.45, 7) is 6.05. The number of piperazine rings is 1. The average molecular weight is 393 g/mol. The lowest BCUT2D eigenvalue weighted by atomic mass is 10.2. The maximum atomic E-state index is 12.6. The molecule has 0 aromatic carbocycles. The summed E-state index contributed by atoms with van der Waals surface area (Å²) in [4.78, 5) is 9.43. The number of aromatic nitrogens is 1. The van der Waals surface area contributed by atoms with Gasteiger partial charge in [-0.2, -0.15) is 15.6 Å². The second-order valence-corrected chi connectivity index (χ2v) is 9.58. The van der Waals surface area contributed by atoms with Gasteiger partial charge in [0.25, 0.3) is 0 Å². The van der Waals surface area contributed by atoms with Gasteiger partial charge in [-0.05, 0) is 47.4 Å². The van der Waals surface area contributed by atoms with Gasteiger partial charge in [0, 0.05) is 52.0 Å². The number of sulfonamides is 1. The highest BCUT2D eigenvalue weighted by molar-refractivity contribution is 7.89. The Morgan fingerprint density at radius 2 is 1.77 bits per heavy atom. The Labute approximate surface area is 159 Å². The Morgan fingerprint density at radius 3 is 2.38 bits per heavy atom. The number of thiophene rings is 1. The van der Waals surface area contributed by atoms with E-state index in [0.717, 1.165) is 51.4 Å². The quantitative estimate of drug-likeness (QED) is 0.781. The monoisotopic (exact) mass is 392 g/mol. The third-order valence-electron chi connectivity index (χ3n) is 5.11. The highest BCUT2D eigenvalue weighted by Crippen LogP contribution is 2.22. The first-order valence-corrected chi connectivity index (χ1v) is 11.5. The Balaban J connectivity index is 1.37. The van der Waals surface area contributed by atoms with E-state index in [-0.39, 0.29) is 0 Å². The van der Waals surface area contributed by atoms with E-state index in [1.165, 1.54) is 11.8 Å². The molecule has 0 unspecified atom stereocenters. The van der Waals surface area contributed by atoms with Crippen molar-refractivity contribution in [3.63, 3.8) is 0 Å². The van der Waals surface area contributed by atoms with Crippen LogP contribution in [0, 0.1) is 0 Å². The van der Waals surface area contributed by atoms with Crippen LogP contribution in [0.5, 0.6) is 0 Å². The Bertz CT molecular complexity index is 807. The van der Waals surface area contributed by atoms with Gasteiger partial charge >= 0.3 is 0 Å². The molecule has 2 aromatic rings. The maximum Gasteiger partial charge on any atom is 0.244 e. The molecule has 0 aliphatic carbocycles. The summed E-state index contributed by atoms with van der Waals surface area (Å²) in [6, 6.07) is 5.73. The number of pyridine rings is 1. The fourth-order valence-electron chi connectivity index (χ4n) is 3.57. The molecule has 2 aromatic heterocycles. The van der Waals surface area contributed by atoms with Crippen molar-refractivity contribution < 1.29 is 8.42 Å². The highest BCUT2D eigenvalue weighted by Gasteiger charge is 2.27. The second-order valence-electron chi connectivity index (χ2n) is 6.86. The van der Waals surface area contributed by atoms with Crippen LogP contribution in [-0.4, -0.2) is 61.9 Å². The van der Waals surface area contributed by atoms with Gasteiger partial charge in [-0.1, -0.05) is 0 Å². The van der Waals surface area contributed by atoms with Crippen LogP contribution in [0.25, 0.3) is 0 Å². The summed E-state index contributed by atoms with van der Waals surface area (Å²) in [7, 11) is -3.38. The van der Waals surface area contributed by atoms with Crippen molar-refractivity contribution in [2.75, 3.05) is 44.2 Å². The van der Waals surface area contributed by atoms with E-state index in [9.17, 15) is 8.42 Å². The molecule has 0 radical (unpaired) electrons. The SMILES string of the molecule is O=S(=O)(c1ccc(N2CCN(Cc3ccsc3)CC2)nc1)N1CCCC1. The molecule has 2 saturated heterocycles. The van der Waals surface area contributed by atoms with Gasteiger partial charge in [0.15, 0.2) is 0 Å². The molecule has 2 fully saturated rings. The molecule has 2 aliphatic rings. The first-order valence-electron chi connectivity index (χ1n) is 9.07. The number of hydrogen-bond donors (Lipinski definition) is 0.